The fraction of sp³-hybridized carbons (Fsp3) is 0.615. The number of hydrogen-bond donors (Lipinski definition) is 2. The molecule has 1 atom stereocenters. The van der Waals surface area contributed by atoms with Crippen molar-refractivity contribution in [1.29, 1.82) is 0 Å². The Morgan fingerprint density at radius 3 is 2.55 bits per heavy atom. The van der Waals surface area contributed by atoms with Crippen molar-refractivity contribution in [3.63, 3.8) is 0 Å². The van der Waals surface area contributed by atoms with E-state index in [9.17, 15) is 9.59 Å². The molecular formula is C13H21N3O3S. The van der Waals surface area contributed by atoms with Crippen LogP contribution in [0.2, 0.25) is 0 Å². The quantitative estimate of drug-likeness (QED) is 0.846. The van der Waals surface area contributed by atoms with Gasteiger partial charge in [-0.2, -0.15) is 0 Å². The van der Waals surface area contributed by atoms with E-state index in [4.69, 9.17) is 5.11 Å². The van der Waals surface area contributed by atoms with Crippen molar-refractivity contribution in [2.45, 2.75) is 33.6 Å². The molecule has 0 aliphatic heterocycles. The molecule has 0 fully saturated rings. The first-order valence-corrected chi connectivity index (χ1v) is 7.47. The summed E-state index contributed by atoms with van der Waals surface area (Å²) in [6, 6.07) is -0.315. The zero-order chi connectivity index (χ0) is 15.3. The van der Waals surface area contributed by atoms with E-state index in [0.29, 0.717) is 17.6 Å². The zero-order valence-electron chi connectivity index (χ0n) is 12.2. The largest absolute Gasteiger partial charge is 0.481 e. The van der Waals surface area contributed by atoms with Gasteiger partial charge in [0.05, 0.1) is 11.6 Å². The lowest BCUT2D eigenvalue weighted by Gasteiger charge is -2.22. The number of aromatic nitrogens is 1. The number of nitrogens with zero attached hydrogens (tertiary/aromatic N) is 2. The van der Waals surface area contributed by atoms with Crippen LogP contribution in [0.15, 0.2) is 5.38 Å². The van der Waals surface area contributed by atoms with Crippen molar-refractivity contribution in [3.8, 4) is 0 Å². The standard InChI is InChI=1S/C13H21N3O3S/c1-5-16(6-9(4)11(17)18)13(19)15-12-14-10(7-20-12)8(2)3/h7-9H,5-6H2,1-4H3,(H,17,18)(H,14,15,19). The Bertz CT molecular complexity index is 473. The van der Waals surface area contributed by atoms with Crippen LogP contribution >= 0.6 is 11.3 Å². The molecule has 20 heavy (non-hydrogen) atoms. The van der Waals surface area contributed by atoms with E-state index < -0.39 is 11.9 Å². The van der Waals surface area contributed by atoms with Crippen LogP contribution in [0.25, 0.3) is 0 Å². The summed E-state index contributed by atoms with van der Waals surface area (Å²) in [5.41, 5.74) is 0.937. The molecule has 2 amide bonds. The van der Waals surface area contributed by atoms with Gasteiger partial charge in [-0.15, -0.1) is 11.3 Å². The summed E-state index contributed by atoms with van der Waals surface area (Å²) in [4.78, 5) is 28.7. The Hall–Kier alpha value is -1.63. The molecule has 7 heteroatoms. The molecule has 112 valence electrons. The molecule has 1 aromatic rings. The number of nitrogens with one attached hydrogen (secondary N) is 1. The maximum absolute atomic E-state index is 12.1. The molecule has 0 saturated carbocycles. The molecule has 1 aromatic heterocycles. The highest BCUT2D eigenvalue weighted by Gasteiger charge is 2.20. The fourth-order valence-electron chi connectivity index (χ4n) is 1.54. The number of anilines is 1. The van der Waals surface area contributed by atoms with Gasteiger partial charge in [-0.3, -0.25) is 10.1 Å². The van der Waals surface area contributed by atoms with Gasteiger partial charge in [0.1, 0.15) is 0 Å². The van der Waals surface area contributed by atoms with Crippen molar-refractivity contribution in [2.24, 2.45) is 5.92 Å². The van der Waals surface area contributed by atoms with Crippen LogP contribution in [0, 0.1) is 5.92 Å². The molecule has 6 nitrogen and oxygen atoms in total. The molecule has 1 heterocycles. The van der Waals surface area contributed by atoms with Crippen molar-refractivity contribution >= 4 is 28.5 Å². The smallest absolute Gasteiger partial charge is 0.323 e. The van der Waals surface area contributed by atoms with Crippen molar-refractivity contribution in [3.05, 3.63) is 11.1 Å². The second-order valence-corrected chi connectivity index (χ2v) is 5.80. The molecule has 0 aromatic carbocycles. The summed E-state index contributed by atoms with van der Waals surface area (Å²) in [6.45, 7) is 8.10. The maximum Gasteiger partial charge on any atom is 0.323 e. The van der Waals surface area contributed by atoms with E-state index in [1.807, 2.05) is 26.2 Å². The lowest BCUT2D eigenvalue weighted by Crippen LogP contribution is -2.39. The Balaban J connectivity index is 2.64. The van der Waals surface area contributed by atoms with Crippen molar-refractivity contribution in [2.75, 3.05) is 18.4 Å². The van der Waals surface area contributed by atoms with Crippen LogP contribution in [0.5, 0.6) is 0 Å². The summed E-state index contributed by atoms with van der Waals surface area (Å²) < 4.78 is 0. The summed E-state index contributed by atoms with van der Waals surface area (Å²) in [5.74, 6) is -1.19. The second kappa shape index (κ2) is 7.23. The van der Waals surface area contributed by atoms with Crippen molar-refractivity contribution < 1.29 is 14.7 Å². The SMILES string of the molecule is CCN(CC(C)C(=O)O)C(=O)Nc1nc(C(C)C)cs1. The van der Waals surface area contributed by atoms with E-state index in [-0.39, 0.29) is 12.6 Å². The van der Waals surface area contributed by atoms with Crippen molar-refractivity contribution in [1.82, 2.24) is 9.88 Å². The number of thiazole rings is 1. The number of hydrogen-bond acceptors (Lipinski definition) is 4. The Morgan fingerprint density at radius 1 is 1.45 bits per heavy atom. The predicted octanol–water partition coefficient (Wildman–Crippen LogP) is 2.84. The summed E-state index contributed by atoms with van der Waals surface area (Å²) >= 11 is 1.37. The predicted molar refractivity (Wildman–Crippen MR) is 79.3 cm³/mol. The molecule has 0 bridgehead atoms. The summed E-state index contributed by atoms with van der Waals surface area (Å²) in [5, 5.41) is 14.1. The molecule has 1 unspecified atom stereocenters. The first-order valence-electron chi connectivity index (χ1n) is 6.59. The third-order valence-corrected chi connectivity index (χ3v) is 3.69. The maximum atomic E-state index is 12.1. The average Bonchev–Trinajstić information content (AvgIpc) is 2.83. The molecule has 2 N–H and O–H groups in total. The van der Waals surface area contributed by atoms with Crippen LogP contribution in [0.4, 0.5) is 9.93 Å². The van der Waals surface area contributed by atoms with Gasteiger partial charge in [-0.1, -0.05) is 20.8 Å². The van der Waals surface area contributed by atoms with Gasteiger partial charge in [-0.25, -0.2) is 9.78 Å². The number of aliphatic carboxylic acids is 1. The van der Waals surface area contributed by atoms with E-state index in [1.165, 1.54) is 16.2 Å². The Morgan fingerprint density at radius 2 is 2.10 bits per heavy atom. The van der Waals surface area contributed by atoms with E-state index in [1.54, 1.807) is 6.92 Å². The first kappa shape index (κ1) is 16.4. The molecule has 1 rings (SSSR count). The normalized spacial score (nSPS) is 12.2. The number of carbonyl (C=O) groups excluding carboxylic acids is 1. The molecule has 0 aliphatic rings. The molecule has 0 spiro atoms. The molecule has 0 radical (unpaired) electrons. The highest BCUT2D eigenvalue weighted by Crippen LogP contribution is 2.21. The number of rotatable bonds is 6. The number of carboxylic acids is 1. The van der Waals surface area contributed by atoms with Gasteiger partial charge in [0.15, 0.2) is 5.13 Å². The zero-order valence-corrected chi connectivity index (χ0v) is 13.0. The average molecular weight is 299 g/mol. The first-order chi connectivity index (χ1) is 9.35. The molecular weight excluding hydrogens is 278 g/mol. The van der Waals surface area contributed by atoms with Crippen LogP contribution in [0.3, 0.4) is 0 Å². The number of carboxylic acid groups (broad SMARTS) is 1. The number of urea groups is 1. The summed E-state index contributed by atoms with van der Waals surface area (Å²) in [7, 11) is 0. The molecule has 0 aliphatic carbocycles. The highest BCUT2D eigenvalue weighted by molar-refractivity contribution is 7.13. The molecule has 0 saturated heterocycles. The van der Waals surface area contributed by atoms with Gasteiger partial charge in [-0.05, 0) is 12.8 Å². The minimum Gasteiger partial charge on any atom is -0.481 e. The monoisotopic (exact) mass is 299 g/mol. The van der Waals surface area contributed by atoms with Crippen LogP contribution in [-0.2, 0) is 4.79 Å². The van der Waals surface area contributed by atoms with E-state index >= 15 is 0 Å². The Labute approximate surface area is 122 Å². The topological polar surface area (TPSA) is 82.5 Å². The van der Waals surface area contributed by atoms with E-state index in [2.05, 4.69) is 10.3 Å². The van der Waals surface area contributed by atoms with Gasteiger partial charge in [0.25, 0.3) is 0 Å². The van der Waals surface area contributed by atoms with Gasteiger partial charge in [0.2, 0.25) is 0 Å². The minimum atomic E-state index is -0.910. The van der Waals surface area contributed by atoms with E-state index in [0.717, 1.165) is 5.69 Å². The third kappa shape index (κ3) is 4.48. The number of amides is 2. The van der Waals surface area contributed by atoms with Gasteiger partial charge < -0.3 is 10.0 Å². The minimum absolute atomic E-state index is 0.181. The van der Waals surface area contributed by atoms with Crippen LogP contribution in [-0.4, -0.2) is 40.1 Å². The second-order valence-electron chi connectivity index (χ2n) is 4.94. The van der Waals surface area contributed by atoms with Crippen LogP contribution in [0.1, 0.15) is 39.3 Å². The highest BCUT2D eigenvalue weighted by atomic mass is 32.1. The third-order valence-electron chi connectivity index (χ3n) is 2.91. The Kier molecular flexibility index (Phi) is 5.94. The van der Waals surface area contributed by atoms with Crippen LogP contribution < -0.4 is 5.32 Å². The lowest BCUT2D eigenvalue weighted by molar-refractivity contribution is -0.141. The number of carbonyl (C=O) groups is 2. The fourth-order valence-corrected chi connectivity index (χ4v) is 2.41. The lowest BCUT2D eigenvalue weighted by atomic mass is 10.2. The summed E-state index contributed by atoms with van der Waals surface area (Å²) in [6.07, 6.45) is 0. The van der Waals surface area contributed by atoms with Gasteiger partial charge in [0, 0.05) is 18.5 Å². The van der Waals surface area contributed by atoms with Gasteiger partial charge >= 0.3 is 12.0 Å².